The molecular formula is C28H35FN8O2. The van der Waals surface area contributed by atoms with Gasteiger partial charge in [0.1, 0.15) is 17.2 Å². The van der Waals surface area contributed by atoms with Crippen molar-refractivity contribution in [2.75, 3.05) is 25.5 Å². The Balaban J connectivity index is 1.28. The lowest BCUT2D eigenvalue weighted by atomic mass is 9.79. The Kier molecular flexibility index (Phi) is 6.39. The number of aromatic nitrogens is 6. The van der Waals surface area contributed by atoms with Gasteiger partial charge in [-0.3, -0.25) is 4.79 Å². The number of rotatable bonds is 8. The molecule has 10 nitrogen and oxygen atoms in total. The van der Waals surface area contributed by atoms with Crippen LogP contribution in [0.25, 0.3) is 27.7 Å². The summed E-state index contributed by atoms with van der Waals surface area (Å²) < 4.78 is 23.6. The van der Waals surface area contributed by atoms with Crippen LogP contribution in [-0.2, 0) is 11.3 Å². The molecule has 1 aliphatic carbocycles. The molecule has 2 aliphatic rings. The number of carbonyl (C=O) groups is 1. The fourth-order valence-corrected chi connectivity index (χ4v) is 5.71. The van der Waals surface area contributed by atoms with Gasteiger partial charge in [0.2, 0.25) is 17.7 Å². The first-order valence-corrected chi connectivity index (χ1v) is 13.7. The zero-order chi connectivity index (χ0) is 27.3. The summed E-state index contributed by atoms with van der Waals surface area (Å²) in [6.45, 7) is 7.79. The Morgan fingerprint density at radius 3 is 2.79 bits per heavy atom. The van der Waals surface area contributed by atoms with Gasteiger partial charge >= 0.3 is 0 Å². The van der Waals surface area contributed by atoms with Crippen LogP contribution in [-0.4, -0.2) is 72.8 Å². The highest BCUT2D eigenvalue weighted by molar-refractivity contribution is 5.89. The molecule has 3 aromatic heterocycles. The summed E-state index contributed by atoms with van der Waals surface area (Å²) in [5, 5.41) is 16.8. The molecule has 11 heteroatoms. The molecule has 39 heavy (non-hydrogen) atoms. The number of nitrogens with one attached hydrogen (secondary N) is 1. The van der Waals surface area contributed by atoms with Crippen LogP contribution in [0.4, 0.5) is 10.3 Å². The second kappa shape index (κ2) is 9.77. The van der Waals surface area contributed by atoms with E-state index in [0.29, 0.717) is 37.9 Å². The molecule has 1 saturated carbocycles. The number of ether oxygens (including phenoxy) is 1. The maximum Gasteiger partial charge on any atom is 0.244 e. The Hall–Kier alpha value is -3.76. The smallest absolute Gasteiger partial charge is 0.244 e. The highest BCUT2D eigenvalue weighted by atomic mass is 19.1. The standard InChI is InChI=1S/C28H35FN8O2/c1-17(38)35-12-11-24(28(2,3)16-35)30-27-31-26(39-4)25-20(9-13-37(25)33-27)19-7-8-22-23(15-19)36(34-32-22)14-10-21(29)18-5-6-18/h7-9,13,15,18,21,24H,5-6,10-12,14,16H2,1-4H3,(H,30,33)/t21?,24-/m0/s1. The number of piperidine rings is 1. The number of benzene rings is 1. The number of nitrogens with zero attached hydrogens (tertiary/aromatic N) is 7. The maximum atomic E-state index is 14.3. The van der Waals surface area contributed by atoms with E-state index in [2.05, 4.69) is 29.5 Å². The number of likely N-dealkylation sites (tertiary alicyclic amines) is 1. The summed E-state index contributed by atoms with van der Waals surface area (Å²) in [6.07, 6.45) is 4.35. The quantitative estimate of drug-likeness (QED) is 0.359. The minimum atomic E-state index is -0.778. The first-order valence-electron chi connectivity index (χ1n) is 13.7. The molecule has 1 amide bonds. The van der Waals surface area contributed by atoms with Crippen molar-refractivity contribution in [3.8, 4) is 17.0 Å². The second-order valence-electron chi connectivity index (χ2n) is 11.5. The molecular weight excluding hydrogens is 499 g/mol. The number of hydrogen-bond acceptors (Lipinski definition) is 7. The summed E-state index contributed by atoms with van der Waals surface area (Å²) in [6, 6.07) is 8.06. The number of methoxy groups -OCH3 is 1. The molecule has 2 fully saturated rings. The van der Waals surface area contributed by atoms with E-state index in [9.17, 15) is 9.18 Å². The molecule has 1 N–H and O–H groups in total. The van der Waals surface area contributed by atoms with E-state index in [-0.39, 0.29) is 23.3 Å². The largest absolute Gasteiger partial charge is 0.479 e. The summed E-state index contributed by atoms with van der Waals surface area (Å²) >= 11 is 0. The van der Waals surface area contributed by atoms with E-state index < -0.39 is 6.17 Å². The molecule has 4 aromatic rings. The van der Waals surface area contributed by atoms with Crippen molar-refractivity contribution in [3.05, 3.63) is 30.5 Å². The summed E-state index contributed by atoms with van der Waals surface area (Å²) in [7, 11) is 1.60. The monoisotopic (exact) mass is 534 g/mol. The van der Waals surface area contributed by atoms with Gasteiger partial charge in [-0.1, -0.05) is 25.1 Å². The van der Waals surface area contributed by atoms with Crippen molar-refractivity contribution < 1.29 is 13.9 Å². The molecule has 1 saturated heterocycles. The topological polar surface area (TPSA) is 102 Å². The molecule has 206 valence electrons. The van der Waals surface area contributed by atoms with E-state index in [1.54, 1.807) is 23.2 Å². The maximum absolute atomic E-state index is 14.3. The van der Waals surface area contributed by atoms with Crippen LogP contribution >= 0.6 is 0 Å². The van der Waals surface area contributed by atoms with E-state index in [0.717, 1.165) is 46.9 Å². The fourth-order valence-electron chi connectivity index (χ4n) is 5.71. The van der Waals surface area contributed by atoms with E-state index >= 15 is 0 Å². The zero-order valence-electron chi connectivity index (χ0n) is 22.9. The molecule has 1 unspecified atom stereocenters. The normalized spacial score (nSPS) is 19.9. The number of fused-ring (bicyclic) bond motifs is 2. The third-order valence-electron chi connectivity index (χ3n) is 8.23. The Bertz CT molecular complexity index is 1520. The number of alkyl halides is 1. The first kappa shape index (κ1) is 25.5. The van der Waals surface area contributed by atoms with Gasteiger partial charge in [-0.25, -0.2) is 13.6 Å². The lowest BCUT2D eigenvalue weighted by Crippen LogP contribution is -2.53. The average molecular weight is 535 g/mol. The van der Waals surface area contributed by atoms with Gasteiger partial charge in [-0.15, -0.1) is 10.2 Å². The molecule has 0 spiro atoms. The van der Waals surface area contributed by atoms with Gasteiger partial charge in [0.05, 0.1) is 12.6 Å². The minimum Gasteiger partial charge on any atom is -0.479 e. The van der Waals surface area contributed by atoms with Crippen molar-refractivity contribution in [1.29, 1.82) is 0 Å². The molecule has 4 heterocycles. The summed E-state index contributed by atoms with van der Waals surface area (Å²) in [5.41, 5.74) is 4.12. The van der Waals surface area contributed by atoms with Gasteiger partial charge in [-0.2, -0.15) is 4.98 Å². The van der Waals surface area contributed by atoms with Crippen LogP contribution in [0.15, 0.2) is 30.5 Å². The lowest BCUT2D eigenvalue weighted by Gasteiger charge is -2.44. The zero-order valence-corrected chi connectivity index (χ0v) is 22.9. The number of carbonyl (C=O) groups excluding carboxylic acids is 1. The van der Waals surface area contributed by atoms with Crippen LogP contribution in [0.3, 0.4) is 0 Å². The first-order chi connectivity index (χ1) is 18.7. The highest BCUT2D eigenvalue weighted by Gasteiger charge is 2.37. The van der Waals surface area contributed by atoms with Gasteiger partial charge in [0.15, 0.2) is 0 Å². The van der Waals surface area contributed by atoms with Crippen molar-refractivity contribution in [2.24, 2.45) is 11.3 Å². The van der Waals surface area contributed by atoms with Crippen molar-refractivity contribution >= 4 is 28.4 Å². The summed E-state index contributed by atoms with van der Waals surface area (Å²) in [5.74, 6) is 1.25. The van der Waals surface area contributed by atoms with Crippen LogP contribution in [0.5, 0.6) is 5.88 Å². The Morgan fingerprint density at radius 2 is 2.08 bits per heavy atom. The van der Waals surface area contributed by atoms with E-state index in [1.807, 2.05) is 35.4 Å². The summed E-state index contributed by atoms with van der Waals surface area (Å²) in [4.78, 5) is 18.5. The third-order valence-corrected chi connectivity index (χ3v) is 8.23. The Labute approximate surface area is 226 Å². The number of aryl methyl sites for hydroxylation is 1. The van der Waals surface area contributed by atoms with Crippen LogP contribution in [0.2, 0.25) is 0 Å². The molecule has 6 rings (SSSR count). The molecule has 1 aliphatic heterocycles. The van der Waals surface area contributed by atoms with E-state index in [4.69, 9.17) is 14.8 Å². The van der Waals surface area contributed by atoms with Gasteiger partial charge < -0.3 is 15.0 Å². The SMILES string of the molecule is COc1nc(N[C@H]2CCN(C(C)=O)CC2(C)C)nn2ccc(-c3ccc4nnn(CCC(F)C5CC5)c4c3)c12. The van der Waals surface area contributed by atoms with Gasteiger partial charge in [-0.05, 0) is 55.4 Å². The number of anilines is 1. The van der Waals surface area contributed by atoms with Crippen molar-refractivity contribution in [3.63, 3.8) is 0 Å². The number of halogens is 1. The molecule has 0 radical (unpaired) electrons. The highest BCUT2D eigenvalue weighted by Crippen LogP contribution is 2.37. The third kappa shape index (κ3) is 4.90. The van der Waals surface area contributed by atoms with Crippen LogP contribution in [0.1, 0.15) is 46.5 Å². The number of amides is 1. The van der Waals surface area contributed by atoms with Crippen LogP contribution < -0.4 is 10.1 Å². The molecule has 0 bridgehead atoms. The van der Waals surface area contributed by atoms with Gasteiger partial charge in [0, 0.05) is 49.8 Å². The second-order valence-corrected chi connectivity index (χ2v) is 11.5. The fraction of sp³-hybridized carbons (Fsp3) is 0.536. The predicted octanol–water partition coefficient (Wildman–Crippen LogP) is 4.35. The van der Waals surface area contributed by atoms with Crippen molar-refractivity contribution in [2.45, 2.75) is 65.2 Å². The van der Waals surface area contributed by atoms with Crippen molar-refractivity contribution in [1.82, 2.24) is 34.5 Å². The Morgan fingerprint density at radius 1 is 1.26 bits per heavy atom. The van der Waals surface area contributed by atoms with E-state index in [1.165, 1.54) is 0 Å². The predicted molar refractivity (Wildman–Crippen MR) is 146 cm³/mol. The molecule has 2 atom stereocenters. The van der Waals surface area contributed by atoms with Gasteiger partial charge in [0.25, 0.3) is 0 Å². The lowest BCUT2D eigenvalue weighted by molar-refractivity contribution is -0.132. The number of hydrogen-bond donors (Lipinski definition) is 1. The molecule has 1 aromatic carbocycles. The van der Waals surface area contributed by atoms with Crippen LogP contribution in [0, 0.1) is 11.3 Å². The average Bonchev–Trinajstić information content (AvgIpc) is 3.56. The minimum absolute atomic E-state index is 0.0996.